The van der Waals surface area contributed by atoms with E-state index in [2.05, 4.69) is 5.32 Å². The maximum absolute atomic E-state index is 10.9. The van der Waals surface area contributed by atoms with Gasteiger partial charge in [0.05, 0.1) is 17.6 Å². The monoisotopic (exact) mass is 347 g/mol. The Bertz CT molecular complexity index is 668. The zero-order chi connectivity index (χ0) is 18.8. The van der Waals surface area contributed by atoms with Gasteiger partial charge in [-0.25, -0.2) is 0 Å². The average molecular weight is 347 g/mol. The number of likely N-dealkylation sites (N-methyl/N-ethyl adjacent to an activating group) is 1. The maximum Gasteiger partial charge on any atom is 0.491 e. The normalized spacial score (nSPS) is 19.2. The molecule has 3 N–H and O–H groups in total. The first-order valence-electron chi connectivity index (χ1n) is 8.30. The number of hydrogen-bond donors (Lipinski definition) is 3. The van der Waals surface area contributed by atoms with Crippen LogP contribution in [0.4, 0.5) is 0 Å². The highest BCUT2D eigenvalue weighted by Gasteiger charge is 2.52. The SMILES string of the molecule is CNCC(=Cc1cc(CC(=O)O)ccc1O)B1OC(C)(C)C(C)(C)O1. The highest BCUT2D eigenvalue weighted by Crippen LogP contribution is 2.39. The molecule has 0 saturated carbocycles. The molecule has 1 aromatic rings. The fourth-order valence-corrected chi connectivity index (χ4v) is 2.60. The second kappa shape index (κ2) is 7.19. The molecule has 25 heavy (non-hydrogen) atoms. The Labute approximate surface area is 149 Å². The van der Waals surface area contributed by atoms with Crippen molar-refractivity contribution in [2.75, 3.05) is 13.6 Å². The molecular weight excluding hydrogens is 321 g/mol. The van der Waals surface area contributed by atoms with Gasteiger partial charge in [-0.2, -0.15) is 0 Å². The molecule has 1 aliphatic rings. The van der Waals surface area contributed by atoms with Crippen molar-refractivity contribution in [2.45, 2.75) is 45.3 Å². The summed E-state index contributed by atoms with van der Waals surface area (Å²) >= 11 is 0. The zero-order valence-electron chi connectivity index (χ0n) is 15.4. The number of phenols is 1. The number of carboxylic acids is 1. The largest absolute Gasteiger partial charge is 0.507 e. The fourth-order valence-electron chi connectivity index (χ4n) is 2.60. The van der Waals surface area contributed by atoms with Crippen molar-refractivity contribution in [1.82, 2.24) is 5.32 Å². The third-order valence-electron chi connectivity index (χ3n) is 4.73. The van der Waals surface area contributed by atoms with Gasteiger partial charge in [0.2, 0.25) is 0 Å². The molecule has 0 aromatic heterocycles. The van der Waals surface area contributed by atoms with Gasteiger partial charge in [-0.15, -0.1) is 0 Å². The summed E-state index contributed by atoms with van der Waals surface area (Å²) in [6.45, 7) is 8.44. The number of aliphatic carboxylic acids is 1. The summed E-state index contributed by atoms with van der Waals surface area (Å²) in [5.74, 6) is -0.832. The van der Waals surface area contributed by atoms with Crippen molar-refractivity contribution in [3.8, 4) is 5.75 Å². The van der Waals surface area contributed by atoms with Crippen molar-refractivity contribution in [2.24, 2.45) is 0 Å². The van der Waals surface area contributed by atoms with E-state index in [1.807, 2.05) is 34.7 Å². The average Bonchev–Trinajstić information content (AvgIpc) is 2.70. The smallest absolute Gasteiger partial charge is 0.491 e. The quantitative estimate of drug-likeness (QED) is 0.684. The number of aromatic hydroxyl groups is 1. The van der Waals surface area contributed by atoms with Crippen molar-refractivity contribution in [3.63, 3.8) is 0 Å². The van der Waals surface area contributed by atoms with Crippen LogP contribution in [0.15, 0.2) is 23.7 Å². The summed E-state index contributed by atoms with van der Waals surface area (Å²) in [6.07, 6.45) is 1.69. The number of phenolic OH excluding ortho intramolecular Hbond substituents is 1. The van der Waals surface area contributed by atoms with E-state index >= 15 is 0 Å². The van der Waals surface area contributed by atoms with E-state index in [9.17, 15) is 9.90 Å². The molecule has 0 bridgehead atoms. The molecule has 0 unspecified atom stereocenters. The molecule has 1 aromatic carbocycles. The van der Waals surface area contributed by atoms with Gasteiger partial charge in [-0.1, -0.05) is 12.1 Å². The Morgan fingerprint density at radius 1 is 1.24 bits per heavy atom. The summed E-state index contributed by atoms with van der Waals surface area (Å²) in [6, 6.07) is 4.78. The molecule has 1 fully saturated rings. The summed E-state index contributed by atoms with van der Waals surface area (Å²) < 4.78 is 12.2. The van der Waals surface area contributed by atoms with Crippen LogP contribution in [0.1, 0.15) is 38.8 Å². The molecule has 1 heterocycles. The van der Waals surface area contributed by atoms with Crippen molar-refractivity contribution < 1.29 is 24.3 Å². The molecule has 0 amide bonds. The summed E-state index contributed by atoms with van der Waals surface area (Å²) in [4.78, 5) is 10.9. The van der Waals surface area contributed by atoms with Crippen molar-refractivity contribution in [1.29, 1.82) is 0 Å². The van der Waals surface area contributed by atoms with Crippen LogP contribution in [0.2, 0.25) is 0 Å². The van der Waals surface area contributed by atoms with E-state index in [0.29, 0.717) is 17.7 Å². The minimum Gasteiger partial charge on any atom is -0.507 e. The molecular formula is C18H26BNO5. The zero-order valence-corrected chi connectivity index (χ0v) is 15.4. The Morgan fingerprint density at radius 3 is 2.36 bits per heavy atom. The molecule has 2 rings (SSSR count). The maximum atomic E-state index is 10.9. The Hall–Kier alpha value is -1.83. The number of benzene rings is 1. The summed E-state index contributed by atoms with van der Waals surface area (Å²) in [5, 5.41) is 22.2. The number of carbonyl (C=O) groups is 1. The van der Waals surface area contributed by atoms with Gasteiger partial charge in [-0.05, 0) is 57.9 Å². The predicted octanol–water partition coefficient (Wildman–Crippen LogP) is 2.25. The van der Waals surface area contributed by atoms with Gasteiger partial charge in [0.1, 0.15) is 5.75 Å². The number of rotatable bonds is 6. The second-order valence-electron chi connectivity index (χ2n) is 7.30. The lowest BCUT2D eigenvalue weighted by Crippen LogP contribution is -2.41. The van der Waals surface area contributed by atoms with E-state index in [-0.39, 0.29) is 12.2 Å². The van der Waals surface area contributed by atoms with Gasteiger partial charge in [-0.3, -0.25) is 4.79 Å². The molecule has 0 atom stereocenters. The first-order valence-corrected chi connectivity index (χ1v) is 8.30. The first kappa shape index (κ1) is 19.5. The van der Waals surface area contributed by atoms with Gasteiger partial charge in [0.25, 0.3) is 0 Å². The van der Waals surface area contributed by atoms with E-state index in [4.69, 9.17) is 14.4 Å². The molecule has 0 spiro atoms. The van der Waals surface area contributed by atoms with Gasteiger partial charge in [0.15, 0.2) is 0 Å². The standard InChI is InChI=1S/C18H26BNO5/c1-17(2)18(3,4)25-19(24-17)14(11-20-5)10-13-8-12(9-16(22)23)6-7-15(13)21/h6-8,10,20-21H,9,11H2,1-5H3,(H,22,23). The topological polar surface area (TPSA) is 88.0 Å². The molecule has 7 heteroatoms. The van der Waals surface area contributed by atoms with Gasteiger partial charge < -0.3 is 24.8 Å². The Morgan fingerprint density at radius 2 is 1.84 bits per heavy atom. The number of nitrogens with one attached hydrogen (secondary N) is 1. The highest BCUT2D eigenvalue weighted by atomic mass is 16.7. The van der Waals surface area contributed by atoms with Crippen LogP contribution in [0.25, 0.3) is 6.08 Å². The van der Waals surface area contributed by atoms with E-state index < -0.39 is 24.3 Å². The Kier molecular flexibility index (Phi) is 5.61. The van der Waals surface area contributed by atoms with E-state index in [1.165, 1.54) is 6.07 Å². The predicted molar refractivity (Wildman–Crippen MR) is 97.4 cm³/mol. The molecule has 1 aliphatic heterocycles. The first-order chi connectivity index (χ1) is 11.6. The third-order valence-corrected chi connectivity index (χ3v) is 4.73. The second-order valence-corrected chi connectivity index (χ2v) is 7.30. The molecule has 0 aliphatic carbocycles. The molecule has 1 saturated heterocycles. The molecule has 6 nitrogen and oxygen atoms in total. The van der Waals surface area contributed by atoms with Crippen LogP contribution in [0.3, 0.4) is 0 Å². The number of carboxylic acid groups (broad SMARTS) is 1. The van der Waals surface area contributed by atoms with E-state index in [0.717, 1.165) is 5.47 Å². The van der Waals surface area contributed by atoms with Crippen LogP contribution in [-0.2, 0) is 20.5 Å². The summed E-state index contributed by atoms with van der Waals surface area (Å²) in [5.41, 5.74) is 1.06. The number of hydrogen-bond acceptors (Lipinski definition) is 5. The van der Waals surface area contributed by atoms with Crippen LogP contribution in [-0.4, -0.2) is 48.1 Å². The molecule has 136 valence electrons. The lowest BCUT2D eigenvalue weighted by Gasteiger charge is -2.32. The van der Waals surface area contributed by atoms with Gasteiger partial charge >= 0.3 is 13.1 Å². The fraction of sp³-hybridized carbons (Fsp3) is 0.500. The lowest BCUT2D eigenvalue weighted by molar-refractivity contribution is -0.136. The van der Waals surface area contributed by atoms with E-state index in [1.54, 1.807) is 18.2 Å². The Balaban J connectivity index is 2.36. The van der Waals surface area contributed by atoms with Gasteiger partial charge in [0, 0.05) is 12.1 Å². The van der Waals surface area contributed by atoms with Crippen LogP contribution >= 0.6 is 0 Å². The third kappa shape index (κ3) is 4.42. The van der Waals surface area contributed by atoms with Crippen molar-refractivity contribution >= 4 is 19.2 Å². The lowest BCUT2D eigenvalue weighted by atomic mass is 9.77. The van der Waals surface area contributed by atoms with Crippen LogP contribution in [0.5, 0.6) is 5.75 Å². The minimum atomic E-state index is -0.915. The highest BCUT2D eigenvalue weighted by molar-refractivity contribution is 6.56. The van der Waals surface area contributed by atoms with Crippen LogP contribution in [0, 0.1) is 0 Å². The summed E-state index contributed by atoms with van der Waals surface area (Å²) in [7, 11) is 1.28. The van der Waals surface area contributed by atoms with Crippen LogP contribution < -0.4 is 5.32 Å². The molecule has 0 radical (unpaired) electrons. The van der Waals surface area contributed by atoms with Crippen molar-refractivity contribution in [3.05, 3.63) is 34.8 Å². The minimum absolute atomic E-state index is 0.0826.